The van der Waals surface area contributed by atoms with E-state index in [2.05, 4.69) is 275 Å². The Morgan fingerprint density at radius 2 is 0.634 bits per heavy atom. The Bertz CT molecular complexity index is 3590. The predicted molar refractivity (Wildman–Crippen MR) is 308 cm³/mol. The number of fused-ring (bicyclic) bond motifs is 7. The highest BCUT2D eigenvalue weighted by Crippen LogP contribution is 2.48. The van der Waals surface area contributed by atoms with Crippen molar-refractivity contribution >= 4 is 99.2 Å². The number of anilines is 6. The summed E-state index contributed by atoms with van der Waals surface area (Å²) in [7, 11) is 0. The molecule has 71 heavy (non-hydrogen) atoms. The summed E-state index contributed by atoms with van der Waals surface area (Å²) >= 11 is 0. The Hall–Kier alpha value is -7.36. The van der Waals surface area contributed by atoms with Gasteiger partial charge in [0.05, 0.1) is 11.4 Å². The lowest BCUT2D eigenvalue weighted by molar-refractivity contribution is 0.590. The average Bonchev–Trinajstić information content (AvgIpc) is 3.67. The molecule has 0 aliphatic carbocycles. The van der Waals surface area contributed by atoms with Gasteiger partial charge in [0.15, 0.2) is 0 Å². The van der Waals surface area contributed by atoms with Gasteiger partial charge in [0.2, 0.25) is 0 Å². The van der Waals surface area contributed by atoms with E-state index in [0.717, 1.165) is 55.5 Å². The minimum absolute atomic E-state index is 0.0469. The molecule has 1 aromatic heterocycles. The van der Waals surface area contributed by atoms with Crippen molar-refractivity contribution in [2.24, 2.45) is 0 Å². The summed E-state index contributed by atoms with van der Waals surface area (Å²) in [4.78, 5) is 4.91. The molecule has 11 rings (SSSR count). The van der Waals surface area contributed by atoms with E-state index in [1.165, 1.54) is 65.9 Å². The summed E-state index contributed by atoms with van der Waals surface area (Å²) in [5, 5.41) is 11.9. The van der Waals surface area contributed by atoms with Gasteiger partial charge in [0, 0.05) is 33.5 Å². The lowest BCUT2D eigenvalue weighted by Gasteiger charge is -2.33. The molecule has 0 bridgehead atoms. The molecule has 0 amide bonds. The molecule has 0 saturated carbocycles. The number of rotatable bonds is 6. The normalized spacial score (nSPS) is 12.8. The third-order valence-corrected chi connectivity index (χ3v) is 14.6. The zero-order valence-electron chi connectivity index (χ0n) is 43.6. The number of furan rings is 1. The minimum atomic E-state index is -0.122. The van der Waals surface area contributed by atoms with Crippen LogP contribution in [-0.4, -0.2) is 0 Å². The van der Waals surface area contributed by atoms with Crippen molar-refractivity contribution in [3.63, 3.8) is 0 Å². The van der Waals surface area contributed by atoms with E-state index in [9.17, 15) is 0 Å². The van der Waals surface area contributed by atoms with Crippen LogP contribution in [0.4, 0.5) is 34.1 Å². The molecular formula is C68H66N2O. The van der Waals surface area contributed by atoms with Crippen LogP contribution in [0.15, 0.2) is 186 Å². The van der Waals surface area contributed by atoms with Crippen LogP contribution < -0.4 is 9.80 Å². The van der Waals surface area contributed by atoms with Crippen LogP contribution in [0.1, 0.15) is 105 Å². The Labute approximate surface area is 420 Å². The van der Waals surface area contributed by atoms with Gasteiger partial charge in [-0.25, -0.2) is 0 Å². The van der Waals surface area contributed by atoms with Gasteiger partial charge in [-0.2, -0.15) is 0 Å². The molecule has 0 saturated heterocycles. The van der Waals surface area contributed by atoms with Crippen molar-refractivity contribution in [2.45, 2.75) is 105 Å². The topological polar surface area (TPSA) is 19.6 Å². The first-order valence-electron chi connectivity index (χ1n) is 25.4. The molecule has 10 aromatic carbocycles. The molecular weight excluding hydrogens is 861 g/mol. The summed E-state index contributed by atoms with van der Waals surface area (Å²) in [6, 6.07) is 68.0. The molecule has 0 radical (unpaired) electrons. The predicted octanol–water partition coefficient (Wildman–Crippen LogP) is 20.3. The molecule has 11 aromatic rings. The van der Waals surface area contributed by atoms with Crippen molar-refractivity contribution in [2.75, 3.05) is 9.80 Å². The molecule has 0 fully saturated rings. The highest BCUT2D eigenvalue weighted by molar-refractivity contribution is 6.14. The van der Waals surface area contributed by atoms with E-state index >= 15 is 0 Å². The monoisotopic (exact) mass is 927 g/mol. The first kappa shape index (κ1) is 46.0. The molecule has 0 unspecified atom stereocenters. The SMILES string of the molecule is CC(C)(C)c1ccc(N(c2ccc3cc4c(cc3c2)oc2cc3cc(N(c5ccc(C(C)(C)C)cc5)c5ccc6ccccc6c5C(C)(C)C)ccc3cc24)c2ccc3ccccc3c2C(C)(C)C)cc1. The molecule has 3 nitrogen and oxygen atoms in total. The zero-order valence-corrected chi connectivity index (χ0v) is 43.6. The highest BCUT2D eigenvalue weighted by Gasteiger charge is 2.29. The highest BCUT2D eigenvalue weighted by atomic mass is 16.3. The number of benzene rings is 10. The largest absolute Gasteiger partial charge is 0.456 e. The van der Waals surface area contributed by atoms with Crippen LogP contribution in [-0.2, 0) is 21.7 Å². The van der Waals surface area contributed by atoms with Crippen LogP contribution in [0.2, 0.25) is 0 Å². The third kappa shape index (κ3) is 8.29. The molecule has 1 heterocycles. The first-order chi connectivity index (χ1) is 33.7. The van der Waals surface area contributed by atoms with Gasteiger partial charge in [-0.15, -0.1) is 0 Å². The van der Waals surface area contributed by atoms with Crippen molar-refractivity contribution in [1.82, 2.24) is 0 Å². The van der Waals surface area contributed by atoms with Crippen LogP contribution in [0.3, 0.4) is 0 Å². The summed E-state index contributed by atoms with van der Waals surface area (Å²) in [5.41, 5.74) is 13.7. The van der Waals surface area contributed by atoms with Gasteiger partial charge in [-0.1, -0.05) is 180 Å². The molecule has 0 atom stereocenters. The quantitative estimate of drug-likeness (QED) is 0.166. The Balaban J connectivity index is 1.05. The second kappa shape index (κ2) is 16.6. The third-order valence-electron chi connectivity index (χ3n) is 14.6. The van der Waals surface area contributed by atoms with Crippen LogP contribution >= 0.6 is 0 Å². The van der Waals surface area contributed by atoms with Crippen molar-refractivity contribution in [1.29, 1.82) is 0 Å². The Morgan fingerprint density at radius 3 is 1.00 bits per heavy atom. The number of hydrogen-bond donors (Lipinski definition) is 0. The van der Waals surface area contributed by atoms with Gasteiger partial charge in [0.1, 0.15) is 11.2 Å². The van der Waals surface area contributed by atoms with Crippen molar-refractivity contribution in [3.05, 3.63) is 204 Å². The second-order valence-corrected chi connectivity index (χ2v) is 24.0. The maximum atomic E-state index is 6.89. The Morgan fingerprint density at radius 1 is 0.282 bits per heavy atom. The van der Waals surface area contributed by atoms with E-state index < -0.39 is 0 Å². The van der Waals surface area contributed by atoms with E-state index in [1.807, 2.05) is 0 Å². The van der Waals surface area contributed by atoms with E-state index in [-0.39, 0.29) is 21.7 Å². The molecule has 3 heteroatoms. The van der Waals surface area contributed by atoms with Gasteiger partial charge in [-0.05, 0) is 172 Å². The van der Waals surface area contributed by atoms with Crippen molar-refractivity contribution < 1.29 is 4.42 Å². The van der Waals surface area contributed by atoms with E-state index in [1.54, 1.807) is 0 Å². The van der Waals surface area contributed by atoms with Gasteiger partial charge in [0.25, 0.3) is 0 Å². The standard InChI is InChI=1S/C68H66N2O/c1-65(2,3)49-25-31-51(32-26-49)69(59-35-23-43-17-13-15-19-55(43)63(59)67(7,8)9)53-29-21-45-39-57-58-40-46-22-30-54(38-48(46)42-62(58)71-61(57)41-47(45)37-53)70(52-33-27-50(28-34-52)66(4,5)6)60-36-24-44-18-14-16-20-56(44)64(60)68(10,11)12/h13-42H,1-12H3. The Kier molecular flexibility index (Phi) is 10.8. The van der Waals surface area contributed by atoms with Crippen LogP contribution in [0, 0.1) is 0 Å². The number of hydrogen-bond acceptors (Lipinski definition) is 3. The van der Waals surface area contributed by atoms with Crippen LogP contribution in [0.5, 0.6) is 0 Å². The molecule has 0 aliphatic heterocycles. The van der Waals surface area contributed by atoms with Gasteiger partial charge in [-0.3, -0.25) is 0 Å². The zero-order chi connectivity index (χ0) is 49.8. The summed E-state index contributed by atoms with van der Waals surface area (Å²) in [6.45, 7) is 27.7. The molecule has 0 N–H and O–H groups in total. The van der Waals surface area contributed by atoms with Gasteiger partial charge < -0.3 is 14.2 Å². The fourth-order valence-corrected chi connectivity index (χ4v) is 11.1. The fourth-order valence-electron chi connectivity index (χ4n) is 11.1. The minimum Gasteiger partial charge on any atom is -0.456 e. The van der Waals surface area contributed by atoms with E-state index in [0.29, 0.717) is 0 Å². The van der Waals surface area contributed by atoms with Crippen LogP contribution in [0.25, 0.3) is 65.0 Å². The molecule has 0 spiro atoms. The maximum absolute atomic E-state index is 6.89. The van der Waals surface area contributed by atoms with E-state index in [4.69, 9.17) is 4.42 Å². The lowest BCUT2D eigenvalue weighted by Crippen LogP contribution is -2.20. The smallest absolute Gasteiger partial charge is 0.136 e. The summed E-state index contributed by atoms with van der Waals surface area (Å²) < 4.78 is 6.89. The average molecular weight is 927 g/mol. The fraction of sp³-hybridized carbons (Fsp3) is 0.235. The van der Waals surface area contributed by atoms with Gasteiger partial charge >= 0.3 is 0 Å². The first-order valence-corrected chi connectivity index (χ1v) is 25.4. The lowest BCUT2D eigenvalue weighted by atomic mass is 9.81. The molecule has 0 aliphatic rings. The summed E-state index contributed by atoms with van der Waals surface area (Å²) in [5.74, 6) is 0. The maximum Gasteiger partial charge on any atom is 0.136 e. The van der Waals surface area contributed by atoms with Crippen molar-refractivity contribution in [3.8, 4) is 0 Å². The molecule has 354 valence electrons. The second-order valence-electron chi connectivity index (χ2n) is 24.0. The number of nitrogens with zero attached hydrogens (tertiary/aromatic N) is 2. The summed E-state index contributed by atoms with van der Waals surface area (Å²) in [6.07, 6.45) is 0.